The van der Waals surface area contributed by atoms with Crippen molar-refractivity contribution in [1.29, 1.82) is 0 Å². The minimum absolute atomic E-state index is 0.256. The van der Waals surface area contributed by atoms with Gasteiger partial charge >= 0.3 is 0 Å². The van der Waals surface area contributed by atoms with E-state index in [2.05, 4.69) is 34.9 Å². The highest BCUT2D eigenvalue weighted by Crippen LogP contribution is 2.31. The molecule has 1 fully saturated rings. The van der Waals surface area contributed by atoms with Crippen LogP contribution < -0.4 is 0 Å². The van der Waals surface area contributed by atoms with Crippen molar-refractivity contribution in [2.75, 3.05) is 5.75 Å². The Morgan fingerprint density at radius 1 is 1.47 bits per heavy atom. The molecule has 2 atom stereocenters. The van der Waals surface area contributed by atoms with Crippen LogP contribution in [0.1, 0.15) is 44.5 Å². The van der Waals surface area contributed by atoms with Gasteiger partial charge in [-0.2, -0.15) is 16.9 Å². The molecule has 5 heteroatoms. The zero-order valence-corrected chi connectivity index (χ0v) is 14.1. The molecule has 1 aromatic heterocycles. The number of halogens is 1. The van der Waals surface area contributed by atoms with Crippen molar-refractivity contribution in [2.45, 2.75) is 63.9 Å². The highest BCUT2D eigenvalue weighted by Gasteiger charge is 2.25. The molecule has 0 saturated carbocycles. The number of thioether (sulfide) groups is 1. The summed E-state index contributed by atoms with van der Waals surface area (Å²) in [5, 5.41) is 15.5. The van der Waals surface area contributed by atoms with Gasteiger partial charge in [-0.3, -0.25) is 4.68 Å². The molecule has 3 nitrogen and oxygen atoms in total. The summed E-state index contributed by atoms with van der Waals surface area (Å²) >= 11 is 5.58. The summed E-state index contributed by atoms with van der Waals surface area (Å²) < 4.78 is 3.12. The molecule has 0 aliphatic carbocycles. The van der Waals surface area contributed by atoms with Crippen LogP contribution in [0.3, 0.4) is 0 Å². The third-order valence-corrected chi connectivity index (χ3v) is 6.16. The average molecular weight is 347 g/mol. The molecule has 1 aliphatic heterocycles. The SMILES string of the molecule is CCc1nn(CC)c(CC(O)C2CCCCS2)c1Br. The molecule has 0 spiro atoms. The topological polar surface area (TPSA) is 38.0 Å². The van der Waals surface area contributed by atoms with Crippen LogP contribution in [0.4, 0.5) is 0 Å². The van der Waals surface area contributed by atoms with Crippen molar-refractivity contribution in [1.82, 2.24) is 9.78 Å². The van der Waals surface area contributed by atoms with E-state index >= 15 is 0 Å². The number of nitrogens with zero attached hydrogens (tertiary/aromatic N) is 2. The van der Waals surface area contributed by atoms with Crippen LogP contribution in [0.2, 0.25) is 0 Å². The molecule has 0 aromatic carbocycles. The first-order valence-electron chi connectivity index (χ1n) is 7.21. The lowest BCUT2D eigenvalue weighted by atomic mass is 10.0. The Labute approximate surface area is 128 Å². The van der Waals surface area contributed by atoms with Gasteiger partial charge in [-0.1, -0.05) is 13.3 Å². The van der Waals surface area contributed by atoms with E-state index in [0.29, 0.717) is 11.7 Å². The van der Waals surface area contributed by atoms with Crippen molar-refractivity contribution >= 4 is 27.7 Å². The third-order valence-electron chi connectivity index (χ3n) is 3.74. The average Bonchev–Trinajstić information content (AvgIpc) is 2.76. The van der Waals surface area contributed by atoms with Gasteiger partial charge < -0.3 is 5.11 Å². The summed E-state index contributed by atoms with van der Waals surface area (Å²) in [4.78, 5) is 0. The smallest absolute Gasteiger partial charge is 0.0766 e. The summed E-state index contributed by atoms with van der Waals surface area (Å²) in [5.74, 6) is 1.19. The van der Waals surface area contributed by atoms with Gasteiger partial charge in [0.15, 0.2) is 0 Å². The predicted molar refractivity (Wildman–Crippen MR) is 84.8 cm³/mol. The van der Waals surface area contributed by atoms with Crippen molar-refractivity contribution in [3.63, 3.8) is 0 Å². The monoisotopic (exact) mass is 346 g/mol. The van der Waals surface area contributed by atoms with Crippen LogP contribution in [-0.4, -0.2) is 32.0 Å². The molecule has 1 aromatic rings. The van der Waals surface area contributed by atoms with Crippen LogP contribution in [-0.2, 0) is 19.4 Å². The van der Waals surface area contributed by atoms with Gasteiger partial charge in [-0.05, 0) is 47.9 Å². The first-order chi connectivity index (χ1) is 9.17. The number of aryl methyl sites for hydroxylation is 2. The first kappa shape index (κ1) is 15.4. The highest BCUT2D eigenvalue weighted by atomic mass is 79.9. The Hall–Kier alpha value is -0.000000000000000111. The van der Waals surface area contributed by atoms with Crippen molar-refractivity contribution < 1.29 is 5.11 Å². The van der Waals surface area contributed by atoms with Gasteiger partial charge in [0.25, 0.3) is 0 Å². The quantitative estimate of drug-likeness (QED) is 0.887. The Bertz CT molecular complexity index is 416. The van der Waals surface area contributed by atoms with E-state index in [0.717, 1.165) is 35.2 Å². The van der Waals surface area contributed by atoms with E-state index < -0.39 is 0 Å². The second-order valence-electron chi connectivity index (χ2n) is 5.05. The molecule has 0 amide bonds. The molecule has 108 valence electrons. The number of aliphatic hydroxyl groups is 1. The Morgan fingerprint density at radius 2 is 2.26 bits per heavy atom. The lowest BCUT2D eigenvalue weighted by Gasteiger charge is -2.26. The molecule has 2 unspecified atom stereocenters. The van der Waals surface area contributed by atoms with Crippen LogP contribution >= 0.6 is 27.7 Å². The minimum atomic E-state index is -0.256. The van der Waals surface area contributed by atoms with E-state index in [1.54, 1.807) is 0 Å². The second-order valence-corrected chi connectivity index (χ2v) is 7.19. The number of hydrogen-bond acceptors (Lipinski definition) is 3. The van der Waals surface area contributed by atoms with Gasteiger partial charge in [0.05, 0.1) is 22.0 Å². The number of rotatable bonds is 5. The summed E-state index contributed by atoms with van der Waals surface area (Å²) in [6.45, 7) is 5.08. The summed E-state index contributed by atoms with van der Waals surface area (Å²) in [5.41, 5.74) is 2.25. The summed E-state index contributed by atoms with van der Waals surface area (Å²) in [6.07, 6.45) is 5.07. The molecule has 19 heavy (non-hydrogen) atoms. The van der Waals surface area contributed by atoms with Gasteiger partial charge in [-0.25, -0.2) is 0 Å². The maximum absolute atomic E-state index is 10.5. The molecule has 2 heterocycles. The summed E-state index contributed by atoms with van der Waals surface area (Å²) in [6, 6.07) is 0. The molecule has 2 rings (SSSR count). The Kier molecular flexibility index (Phi) is 5.78. The maximum atomic E-state index is 10.5. The fraction of sp³-hybridized carbons (Fsp3) is 0.786. The van der Waals surface area contributed by atoms with Crippen molar-refractivity contribution in [2.24, 2.45) is 0 Å². The molecule has 1 N–H and O–H groups in total. The molecule has 1 saturated heterocycles. The lowest BCUT2D eigenvalue weighted by molar-refractivity contribution is 0.163. The molecule has 0 bridgehead atoms. The number of aliphatic hydroxyl groups excluding tert-OH is 1. The molecule has 0 radical (unpaired) electrons. The normalized spacial score (nSPS) is 21.6. The molecular formula is C14H23BrN2OS. The fourth-order valence-electron chi connectivity index (χ4n) is 2.61. The lowest BCUT2D eigenvalue weighted by Crippen LogP contribution is -2.29. The Morgan fingerprint density at radius 3 is 2.84 bits per heavy atom. The number of aromatic nitrogens is 2. The molecule has 1 aliphatic rings. The van der Waals surface area contributed by atoms with Crippen molar-refractivity contribution in [3.8, 4) is 0 Å². The molecular weight excluding hydrogens is 324 g/mol. The van der Waals surface area contributed by atoms with Crippen LogP contribution in [0, 0.1) is 0 Å². The van der Waals surface area contributed by atoms with Gasteiger partial charge in [-0.15, -0.1) is 0 Å². The Balaban J connectivity index is 2.10. The maximum Gasteiger partial charge on any atom is 0.0766 e. The van der Waals surface area contributed by atoms with Crippen LogP contribution in [0.15, 0.2) is 4.47 Å². The number of hydrogen-bond donors (Lipinski definition) is 1. The fourth-order valence-corrected chi connectivity index (χ4v) is 4.66. The van der Waals surface area contributed by atoms with E-state index in [9.17, 15) is 5.11 Å². The highest BCUT2D eigenvalue weighted by molar-refractivity contribution is 9.10. The van der Waals surface area contributed by atoms with Crippen LogP contribution in [0.25, 0.3) is 0 Å². The van der Waals surface area contributed by atoms with E-state index in [1.807, 2.05) is 16.4 Å². The van der Waals surface area contributed by atoms with E-state index in [4.69, 9.17) is 0 Å². The minimum Gasteiger partial charge on any atom is -0.392 e. The van der Waals surface area contributed by atoms with Crippen molar-refractivity contribution in [3.05, 3.63) is 15.9 Å². The second kappa shape index (κ2) is 7.14. The van der Waals surface area contributed by atoms with E-state index in [1.165, 1.54) is 18.6 Å². The third kappa shape index (κ3) is 3.56. The zero-order chi connectivity index (χ0) is 13.8. The summed E-state index contributed by atoms with van der Waals surface area (Å²) in [7, 11) is 0. The van der Waals surface area contributed by atoms with Gasteiger partial charge in [0, 0.05) is 18.2 Å². The standard InChI is InChI=1S/C14H23BrN2OS/c1-3-10-14(15)11(17(4-2)16-10)9-12(18)13-7-5-6-8-19-13/h12-13,18H,3-9H2,1-2H3. The largest absolute Gasteiger partial charge is 0.392 e. The van der Waals surface area contributed by atoms with Crippen LogP contribution in [0.5, 0.6) is 0 Å². The van der Waals surface area contributed by atoms with Gasteiger partial charge in [0.1, 0.15) is 0 Å². The van der Waals surface area contributed by atoms with Gasteiger partial charge in [0.2, 0.25) is 0 Å². The predicted octanol–water partition coefficient (Wildman–Crippen LogP) is 3.42. The van der Waals surface area contributed by atoms with E-state index in [-0.39, 0.29) is 6.10 Å². The zero-order valence-electron chi connectivity index (χ0n) is 11.7. The first-order valence-corrected chi connectivity index (χ1v) is 9.05.